The van der Waals surface area contributed by atoms with Gasteiger partial charge in [-0.25, -0.2) is 21.6 Å². The molecule has 0 saturated heterocycles. The lowest BCUT2D eigenvalue weighted by Gasteiger charge is -2.07. The number of nitrogens with zero attached hydrogens (tertiary/aromatic N) is 1. The minimum Gasteiger partial charge on any atom is -0.258 e. The SMILES string of the molecule is CCS(=O)(=O)CCNS(=O)(=O)c1ccc([N+](=O)[O-])c(F)c1. The van der Waals surface area contributed by atoms with Crippen LogP contribution < -0.4 is 4.72 Å². The van der Waals surface area contributed by atoms with Crippen molar-refractivity contribution in [2.45, 2.75) is 11.8 Å². The van der Waals surface area contributed by atoms with Crippen LogP contribution in [0.1, 0.15) is 6.92 Å². The van der Waals surface area contributed by atoms with Crippen molar-refractivity contribution in [1.29, 1.82) is 0 Å². The zero-order chi connectivity index (χ0) is 16.3. The first-order valence-electron chi connectivity index (χ1n) is 5.73. The Morgan fingerprint density at radius 3 is 2.38 bits per heavy atom. The van der Waals surface area contributed by atoms with Crippen LogP contribution in [-0.2, 0) is 19.9 Å². The smallest absolute Gasteiger partial charge is 0.258 e. The highest BCUT2D eigenvalue weighted by Crippen LogP contribution is 2.20. The standard InChI is InChI=1S/C10H13FN2O6S2/c1-2-20(16,17)6-5-12-21(18,19)8-3-4-10(13(14)15)9(11)7-8/h3-4,7,12H,2,5-6H2,1H3. The predicted octanol–water partition coefficient (Wildman–Crippen LogP) is 0.447. The molecule has 0 saturated carbocycles. The zero-order valence-corrected chi connectivity index (χ0v) is 12.6. The van der Waals surface area contributed by atoms with Crippen LogP contribution in [0.4, 0.5) is 10.1 Å². The quantitative estimate of drug-likeness (QED) is 0.567. The van der Waals surface area contributed by atoms with Crippen LogP contribution >= 0.6 is 0 Å². The molecule has 0 amide bonds. The Bertz CT molecular complexity index is 745. The number of halogens is 1. The Balaban J connectivity index is 2.89. The number of hydrogen-bond acceptors (Lipinski definition) is 6. The molecule has 0 aromatic heterocycles. The third-order valence-electron chi connectivity index (χ3n) is 2.57. The minimum absolute atomic E-state index is 0.124. The fraction of sp³-hybridized carbons (Fsp3) is 0.400. The van der Waals surface area contributed by atoms with E-state index in [0.717, 1.165) is 12.1 Å². The highest BCUT2D eigenvalue weighted by Gasteiger charge is 2.21. The Morgan fingerprint density at radius 2 is 1.90 bits per heavy atom. The van der Waals surface area contributed by atoms with Crippen molar-refractivity contribution in [3.8, 4) is 0 Å². The molecule has 1 aromatic rings. The zero-order valence-electron chi connectivity index (χ0n) is 10.9. The van der Waals surface area contributed by atoms with Gasteiger partial charge in [0.05, 0.1) is 15.6 Å². The average Bonchev–Trinajstić information content (AvgIpc) is 2.37. The maximum absolute atomic E-state index is 13.4. The van der Waals surface area contributed by atoms with E-state index >= 15 is 0 Å². The monoisotopic (exact) mass is 340 g/mol. The minimum atomic E-state index is -4.13. The maximum atomic E-state index is 13.4. The van der Waals surface area contributed by atoms with E-state index < -0.39 is 46.9 Å². The van der Waals surface area contributed by atoms with Gasteiger partial charge in [-0.05, 0) is 6.07 Å². The van der Waals surface area contributed by atoms with Gasteiger partial charge in [0.25, 0.3) is 0 Å². The van der Waals surface area contributed by atoms with Crippen molar-refractivity contribution in [1.82, 2.24) is 4.72 Å². The number of rotatable bonds is 7. The van der Waals surface area contributed by atoms with E-state index in [1.54, 1.807) is 0 Å². The fourth-order valence-corrected chi connectivity index (χ4v) is 3.24. The highest BCUT2D eigenvalue weighted by molar-refractivity contribution is 7.91. The molecule has 11 heteroatoms. The summed E-state index contributed by atoms with van der Waals surface area (Å²) in [6.45, 7) is 1.06. The molecule has 0 radical (unpaired) electrons. The lowest BCUT2D eigenvalue weighted by Crippen LogP contribution is -2.29. The van der Waals surface area contributed by atoms with Crippen molar-refractivity contribution < 1.29 is 26.1 Å². The summed E-state index contributed by atoms with van der Waals surface area (Å²) in [5, 5.41) is 10.4. The van der Waals surface area contributed by atoms with E-state index in [-0.39, 0.29) is 12.3 Å². The van der Waals surface area contributed by atoms with E-state index in [1.807, 2.05) is 4.72 Å². The summed E-state index contributed by atoms with van der Waals surface area (Å²) >= 11 is 0. The molecule has 0 aliphatic rings. The Hall–Kier alpha value is -1.59. The first-order valence-corrected chi connectivity index (χ1v) is 9.03. The molecular formula is C10H13FN2O6S2. The number of nitrogens with one attached hydrogen (secondary N) is 1. The van der Waals surface area contributed by atoms with E-state index in [1.165, 1.54) is 6.92 Å². The maximum Gasteiger partial charge on any atom is 0.304 e. The molecule has 0 aliphatic carbocycles. The second kappa shape index (κ2) is 6.45. The summed E-state index contributed by atoms with van der Waals surface area (Å²) in [5.41, 5.74) is -0.845. The van der Waals surface area contributed by atoms with Crippen molar-refractivity contribution in [3.05, 3.63) is 34.1 Å². The van der Waals surface area contributed by atoms with Gasteiger partial charge in [-0.1, -0.05) is 6.92 Å². The first kappa shape index (κ1) is 17.5. The molecule has 1 rings (SSSR count). The number of nitro groups is 1. The lowest BCUT2D eigenvalue weighted by atomic mass is 10.3. The van der Waals surface area contributed by atoms with Gasteiger partial charge >= 0.3 is 5.69 Å². The molecule has 0 heterocycles. The van der Waals surface area contributed by atoms with E-state index in [9.17, 15) is 31.3 Å². The molecule has 8 nitrogen and oxygen atoms in total. The summed E-state index contributed by atoms with van der Waals surface area (Å²) in [7, 11) is -7.47. The summed E-state index contributed by atoms with van der Waals surface area (Å²) in [4.78, 5) is 8.94. The van der Waals surface area contributed by atoms with Crippen LogP contribution in [0.25, 0.3) is 0 Å². The lowest BCUT2D eigenvalue weighted by molar-refractivity contribution is -0.387. The van der Waals surface area contributed by atoms with Crippen LogP contribution in [0.2, 0.25) is 0 Å². The molecule has 1 aromatic carbocycles. The van der Waals surface area contributed by atoms with Crippen LogP contribution in [0, 0.1) is 15.9 Å². The van der Waals surface area contributed by atoms with Gasteiger partial charge in [0.15, 0.2) is 9.84 Å². The largest absolute Gasteiger partial charge is 0.304 e. The summed E-state index contributed by atoms with van der Waals surface area (Å²) in [6, 6.07) is 2.11. The molecule has 21 heavy (non-hydrogen) atoms. The summed E-state index contributed by atoms with van der Waals surface area (Å²) in [6.07, 6.45) is 0. The van der Waals surface area contributed by atoms with Gasteiger partial charge in [0.1, 0.15) is 0 Å². The second-order valence-corrected chi connectivity index (χ2v) is 8.24. The average molecular weight is 340 g/mol. The highest BCUT2D eigenvalue weighted by atomic mass is 32.2. The van der Waals surface area contributed by atoms with Crippen molar-refractivity contribution in [2.24, 2.45) is 0 Å². The number of benzene rings is 1. The number of hydrogen-bond donors (Lipinski definition) is 1. The van der Waals surface area contributed by atoms with Gasteiger partial charge in [-0.2, -0.15) is 4.39 Å². The van der Waals surface area contributed by atoms with E-state index in [2.05, 4.69) is 0 Å². The molecule has 0 atom stereocenters. The van der Waals surface area contributed by atoms with Crippen molar-refractivity contribution in [2.75, 3.05) is 18.1 Å². The van der Waals surface area contributed by atoms with Crippen LogP contribution in [0.15, 0.2) is 23.1 Å². The molecular weight excluding hydrogens is 327 g/mol. The Kier molecular flexibility index (Phi) is 5.36. The third kappa shape index (κ3) is 4.72. The first-order chi connectivity index (χ1) is 9.59. The topological polar surface area (TPSA) is 123 Å². The van der Waals surface area contributed by atoms with Gasteiger partial charge in [0.2, 0.25) is 15.8 Å². The molecule has 0 bridgehead atoms. The molecule has 0 aliphatic heterocycles. The molecule has 0 unspecified atom stereocenters. The normalized spacial score (nSPS) is 12.3. The van der Waals surface area contributed by atoms with Crippen LogP contribution in [0.3, 0.4) is 0 Å². The predicted molar refractivity (Wildman–Crippen MR) is 72.6 cm³/mol. The van der Waals surface area contributed by atoms with Gasteiger partial charge in [-0.3, -0.25) is 10.1 Å². The van der Waals surface area contributed by atoms with Crippen molar-refractivity contribution in [3.63, 3.8) is 0 Å². The number of nitro benzene ring substituents is 1. The fourth-order valence-electron chi connectivity index (χ4n) is 1.36. The Morgan fingerprint density at radius 1 is 1.29 bits per heavy atom. The molecule has 0 spiro atoms. The van der Waals surface area contributed by atoms with Crippen LogP contribution in [0.5, 0.6) is 0 Å². The van der Waals surface area contributed by atoms with Gasteiger partial charge < -0.3 is 0 Å². The second-order valence-electron chi connectivity index (χ2n) is 4.00. The van der Waals surface area contributed by atoms with Gasteiger partial charge in [-0.15, -0.1) is 0 Å². The molecule has 118 valence electrons. The summed E-state index contributed by atoms with van der Waals surface area (Å²) in [5.74, 6) is -1.80. The Labute approximate surface area is 121 Å². The molecule has 0 fully saturated rings. The van der Waals surface area contributed by atoms with Crippen molar-refractivity contribution >= 4 is 25.5 Å². The van der Waals surface area contributed by atoms with E-state index in [4.69, 9.17) is 0 Å². The third-order valence-corrected chi connectivity index (χ3v) is 5.74. The number of sulfonamides is 1. The van der Waals surface area contributed by atoms with Gasteiger partial charge in [0, 0.05) is 24.4 Å². The molecule has 1 N–H and O–H groups in total. The number of sulfone groups is 1. The summed E-state index contributed by atoms with van der Waals surface area (Å²) < 4.78 is 61.4. The van der Waals surface area contributed by atoms with Crippen LogP contribution in [-0.4, -0.2) is 39.8 Å². The van der Waals surface area contributed by atoms with E-state index in [0.29, 0.717) is 6.07 Å².